The van der Waals surface area contributed by atoms with Gasteiger partial charge in [-0.25, -0.2) is 14.2 Å². The minimum atomic E-state index is -0.305. The number of ether oxygens (including phenoxy) is 1. The monoisotopic (exact) mass is 451 g/mol. The zero-order valence-corrected chi connectivity index (χ0v) is 18.4. The number of anilines is 3. The number of imidazole rings is 1. The van der Waals surface area contributed by atoms with Gasteiger partial charge in [-0.15, -0.1) is 5.10 Å². The summed E-state index contributed by atoms with van der Waals surface area (Å²) in [6, 6.07) is 7.70. The first-order valence-corrected chi connectivity index (χ1v) is 10.1. The topological polar surface area (TPSA) is 90.4 Å². The fraction of sp³-hybridized carbons (Fsp3) is 0.136. The van der Waals surface area contributed by atoms with Gasteiger partial charge < -0.3 is 15.4 Å². The molecule has 164 valence electrons. The van der Waals surface area contributed by atoms with Gasteiger partial charge in [0.15, 0.2) is 5.65 Å². The number of benzene rings is 1. The van der Waals surface area contributed by atoms with Crippen molar-refractivity contribution in [1.29, 1.82) is 0 Å². The lowest BCUT2D eigenvalue weighted by Crippen LogP contribution is -2.27. The fourth-order valence-electron chi connectivity index (χ4n) is 3.33. The molecule has 0 fully saturated rings. The second-order valence-corrected chi connectivity index (χ2v) is 7.49. The molecule has 3 aromatic heterocycles. The van der Waals surface area contributed by atoms with Crippen LogP contribution in [0.5, 0.6) is 5.88 Å². The van der Waals surface area contributed by atoms with E-state index in [2.05, 4.69) is 33.9 Å². The van der Waals surface area contributed by atoms with Crippen LogP contribution in [0.25, 0.3) is 5.65 Å². The van der Waals surface area contributed by atoms with E-state index in [0.29, 0.717) is 35.1 Å². The second kappa shape index (κ2) is 8.64. The van der Waals surface area contributed by atoms with E-state index < -0.39 is 0 Å². The summed E-state index contributed by atoms with van der Waals surface area (Å²) in [5.74, 6) is 0.419. The van der Waals surface area contributed by atoms with Crippen molar-refractivity contribution < 1.29 is 4.74 Å². The van der Waals surface area contributed by atoms with Crippen molar-refractivity contribution in [3.05, 3.63) is 89.0 Å². The maximum atomic E-state index is 13.1. The zero-order chi connectivity index (χ0) is 22.8. The molecule has 2 N–H and O–H groups in total. The van der Waals surface area contributed by atoms with E-state index in [9.17, 15) is 4.79 Å². The van der Waals surface area contributed by atoms with Crippen molar-refractivity contribution >= 4 is 34.3 Å². The molecular formula is C22H22ClN7O2. The molecule has 0 aliphatic heterocycles. The SMILES string of the molecule is C=CC(=C)Nc1cccc(Cn2cc(Nc3cn(C)nc3OC)c3ncc(Cl)n3c2=O)c1. The van der Waals surface area contributed by atoms with Crippen LogP contribution in [0.15, 0.2) is 72.6 Å². The molecule has 0 amide bonds. The van der Waals surface area contributed by atoms with Crippen molar-refractivity contribution in [2.24, 2.45) is 7.05 Å². The number of rotatable bonds is 8. The smallest absolute Gasteiger partial charge is 0.335 e. The maximum Gasteiger partial charge on any atom is 0.335 e. The molecule has 4 aromatic rings. The molecule has 0 bridgehead atoms. The lowest BCUT2D eigenvalue weighted by atomic mass is 10.2. The van der Waals surface area contributed by atoms with Crippen molar-refractivity contribution in [1.82, 2.24) is 23.7 Å². The number of fused-ring (bicyclic) bond motifs is 1. The van der Waals surface area contributed by atoms with E-state index in [1.54, 1.807) is 41.9 Å². The first-order valence-electron chi connectivity index (χ1n) is 9.68. The minimum Gasteiger partial charge on any atom is -0.478 e. The number of nitrogens with zero attached hydrogens (tertiary/aromatic N) is 5. The molecule has 3 heterocycles. The lowest BCUT2D eigenvalue weighted by Gasteiger charge is -2.13. The second-order valence-electron chi connectivity index (χ2n) is 7.10. The molecule has 9 nitrogen and oxygen atoms in total. The Balaban J connectivity index is 1.75. The molecule has 0 radical (unpaired) electrons. The largest absolute Gasteiger partial charge is 0.478 e. The van der Waals surface area contributed by atoms with E-state index in [1.165, 1.54) is 10.6 Å². The van der Waals surface area contributed by atoms with Crippen LogP contribution in [0, 0.1) is 0 Å². The number of aromatic nitrogens is 5. The molecule has 0 aliphatic carbocycles. The average Bonchev–Trinajstić information content (AvgIpc) is 3.33. The van der Waals surface area contributed by atoms with Crippen molar-refractivity contribution in [2.75, 3.05) is 17.7 Å². The van der Waals surface area contributed by atoms with E-state index in [0.717, 1.165) is 11.3 Å². The number of nitrogens with one attached hydrogen (secondary N) is 2. The number of allylic oxidation sites excluding steroid dienone is 1. The summed E-state index contributed by atoms with van der Waals surface area (Å²) < 4.78 is 9.87. The highest BCUT2D eigenvalue weighted by atomic mass is 35.5. The number of hydrogen-bond acceptors (Lipinski definition) is 6. The van der Waals surface area contributed by atoms with Crippen LogP contribution >= 0.6 is 11.6 Å². The Bertz CT molecular complexity index is 1380. The normalized spacial score (nSPS) is 10.8. The number of aryl methyl sites for hydroxylation is 1. The Kier molecular flexibility index (Phi) is 5.74. The third-order valence-corrected chi connectivity index (χ3v) is 5.04. The standard InChI is InChI=1S/C22H22ClN7O2/c1-5-14(2)25-16-8-6-7-15(9-16)11-29-13-17(20-24-10-19(23)30(20)22(29)31)26-18-12-28(3)27-21(18)32-4/h5-10,12-13,25-26H,1-2,11H2,3-4H3. The molecule has 0 saturated carbocycles. The Morgan fingerprint density at radius 3 is 2.88 bits per heavy atom. The molecule has 1 aromatic carbocycles. The van der Waals surface area contributed by atoms with Crippen LogP contribution in [0.3, 0.4) is 0 Å². The molecule has 0 aliphatic rings. The number of halogens is 1. The molecule has 10 heteroatoms. The van der Waals surface area contributed by atoms with Crippen molar-refractivity contribution in [3.63, 3.8) is 0 Å². The van der Waals surface area contributed by atoms with Crippen LogP contribution < -0.4 is 21.1 Å². The van der Waals surface area contributed by atoms with Gasteiger partial charge >= 0.3 is 5.69 Å². The van der Waals surface area contributed by atoms with Crippen LogP contribution in [0.1, 0.15) is 5.56 Å². The molecule has 4 rings (SSSR count). The van der Waals surface area contributed by atoms with Crippen LogP contribution in [-0.4, -0.2) is 30.8 Å². The third kappa shape index (κ3) is 4.10. The molecular weight excluding hydrogens is 430 g/mol. The maximum absolute atomic E-state index is 13.1. The molecule has 0 spiro atoms. The van der Waals surface area contributed by atoms with E-state index in [-0.39, 0.29) is 10.8 Å². The summed E-state index contributed by atoms with van der Waals surface area (Å²) >= 11 is 6.28. The van der Waals surface area contributed by atoms with Gasteiger partial charge in [0.1, 0.15) is 10.8 Å². The molecule has 0 atom stereocenters. The Labute approximate surface area is 189 Å². The zero-order valence-electron chi connectivity index (χ0n) is 17.7. The Hall–Kier alpha value is -3.98. The quantitative estimate of drug-likeness (QED) is 0.396. The van der Waals surface area contributed by atoms with Gasteiger partial charge in [-0.3, -0.25) is 9.25 Å². The predicted octanol–water partition coefficient (Wildman–Crippen LogP) is 3.80. The third-order valence-electron chi connectivity index (χ3n) is 4.77. The summed E-state index contributed by atoms with van der Waals surface area (Å²) in [5, 5.41) is 10.9. The van der Waals surface area contributed by atoms with Crippen molar-refractivity contribution in [3.8, 4) is 5.88 Å². The summed E-state index contributed by atoms with van der Waals surface area (Å²) in [5.41, 5.74) is 3.75. The first kappa shape index (κ1) is 21.3. The predicted molar refractivity (Wildman–Crippen MR) is 126 cm³/mol. The highest BCUT2D eigenvalue weighted by molar-refractivity contribution is 6.29. The molecule has 0 saturated heterocycles. The summed E-state index contributed by atoms with van der Waals surface area (Å²) in [7, 11) is 3.33. The fourth-order valence-corrected chi connectivity index (χ4v) is 3.53. The van der Waals surface area contributed by atoms with E-state index in [4.69, 9.17) is 16.3 Å². The summed E-state index contributed by atoms with van der Waals surface area (Å²) in [6.07, 6.45) is 6.56. The van der Waals surface area contributed by atoms with Crippen LogP contribution in [0.4, 0.5) is 17.1 Å². The Morgan fingerprint density at radius 2 is 2.12 bits per heavy atom. The Morgan fingerprint density at radius 1 is 1.31 bits per heavy atom. The van der Waals surface area contributed by atoms with Gasteiger partial charge in [0.25, 0.3) is 5.88 Å². The van der Waals surface area contributed by atoms with Gasteiger partial charge in [0.2, 0.25) is 0 Å². The highest BCUT2D eigenvalue weighted by Crippen LogP contribution is 2.28. The molecule has 32 heavy (non-hydrogen) atoms. The van der Waals surface area contributed by atoms with Crippen LogP contribution in [0.2, 0.25) is 5.15 Å². The average molecular weight is 452 g/mol. The van der Waals surface area contributed by atoms with Gasteiger partial charge in [0, 0.05) is 24.6 Å². The van der Waals surface area contributed by atoms with Gasteiger partial charge in [0.05, 0.1) is 31.7 Å². The lowest BCUT2D eigenvalue weighted by molar-refractivity contribution is 0.393. The van der Waals surface area contributed by atoms with Gasteiger partial charge in [-0.1, -0.05) is 36.9 Å². The van der Waals surface area contributed by atoms with Crippen molar-refractivity contribution in [2.45, 2.75) is 6.54 Å². The van der Waals surface area contributed by atoms with Gasteiger partial charge in [-0.2, -0.15) is 0 Å². The highest BCUT2D eigenvalue weighted by Gasteiger charge is 2.16. The first-order chi connectivity index (χ1) is 15.4. The summed E-state index contributed by atoms with van der Waals surface area (Å²) in [6.45, 7) is 7.88. The molecule has 0 unspecified atom stereocenters. The number of hydrogen-bond donors (Lipinski definition) is 2. The van der Waals surface area contributed by atoms with E-state index >= 15 is 0 Å². The van der Waals surface area contributed by atoms with Crippen LogP contribution in [-0.2, 0) is 13.6 Å². The van der Waals surface area contributed by atoms with Gasteiger partial charge in [-0.05, 0) is 23.8 Å². The minimum absolute atomic E-state index is 0.221. The summed E-state index contributed by atoms with van der Waals surface area (Å²) in [4.78, 5) is 17.4. The number of methoxy groups -OCH3 is 1. The van der Waals surface area contributed by atoms with E-state index in [1.807, 2.05) is 24.3 Å².